The Morgan fingerprint density at radius 3 is 2.35 bits per heavy atom. The predicted octanol–water partition coefficient (Wildman–Crippen LogP) is 4.77. The van der Waals surface area contributed by atoms with Gasteiger partial charge in [0, 0.05) is 24.9 Å². The molecule has 4 rings (SSSR count). The fourth-order valence-electron chi connectivity index (χ4n) is 5.01. The van der Waals surface area contributed by atoms with Gasteiger partial charge in [-0.25, -0.2) is 4.79 Å². The van der Waals surface area contributed by atoms with E-state index in [9.17, 15) is 33.8 Å². The van der Waals surface area contributed by atoms with Gasteiger partial charge in [0.05, 0.1) is 29.0 Å². The molecule has 0 unspecified atom stereocenters. The lowest BCUT2D eigenvalue weighted by Gasteiger charge is -2.45. The summed E-state index contributed by atoms with van der Waals surface area (Å²) in [7, 11) is 0. The van der Waals surface area contributed by atoms with Crippen molar-refractivity contribution in [2.45, 2.75) is 18.7 Å². The predicted molar refractivity (Wildman–Crippen MR) is 124 cm³/mol. The van der Waals surface area contributed by atoms with Crippen molar-refractivity contribution in [2.75, 3.05) is 13.1 Å². The summed E-state index contributed by atoms with van der Waals surface area (Å²) in [4.78, 5) is 14.2. The lowest BCUT2D eigenvalue weighted by Crippen LogP contribution is -2.49. The van der Waals surface area contributed by atoms with E-state index in [-0.39, 0.29) is 30.8 Å². The van der Waals surface area contributed by atoms with Crippen LogP contribution in [0, 0.1) is 45.3 Å². The number of hydrogen-bond donors (Lipinski definition) is 1. The fraction of sp³-hybridized carbons (Fsp3) is 0.259. The van der Waals surface area contributed by atoms with Crippen LogP contribution in [0.4, 0.5) is 18.0 Å². The molecule has 1 heterocycles. The number of carbonyl (C=O) groups is 1. The minimum atomic E-state index is -4.78. The Morgan fingerprint density at radius 1 is 1.08 bits per heavy atom. The maximum atomic E-state index is 14.0. The third kappa shape index (κ3) is 4.37. The fourth-order valence-corrected chi connectivity index (χ4v) is 5.01. The Balaban J connectivity index is 1.81. The summed E-state index contributed by atoms with van der Waals surface area (Å²) in [6.07, 6.45) is -3.98. The molecule has 2 N–H and O–H groups in total. The molecule has 2 aromatic carbocycles. The lowest BCUT2D eigenvalue weighted by molar-refractivity contribution is -0.138. The Bertz CT molecular complexity index is 1400. The summed E-state index contributed by atoms with van der Waals surface area (Å²) in [5.74, 6) is -2.41. The first-order valence-corrected chi connectivity index (χ1v) is 11.2. The van der Waals surface area contributed by atoms with Crippen molar-refractivity contribution in [3.8, 4) is 18.2 Å². The number of fused-ring (bicyclic) bond motifs is 1. The molecule has 1 aliphatic carbocycles. The maximum Gasteiger partial charge on any atom is 0.416 e. The number of allylic oxidation sites excluding steroid dienone is 2. The first-order chi connectivity index (χ1) is 17.7. The van der Waals surface area contributed by atoms with E-state index in [1.807, 2.05) is 24.3 Å². The highest BCUT2D eigenvalue weighted by atomic mass is 19.4. The van der Waals surface area contributed by atoms with E-state index in [0.717, 1.165) is 11.6 Å². The van der Waals surface area contributed by atoms with E-state index in [2.05, 4.69) is 0 Å². The summed E-state index contributed by atoms with van der Waals surface area (Å²) < 4.78 is 47.5. The Labute approximate surface area is 211 Å². The molecule has 1 aliphatic heterocycles. The van der Waals surface area contributed by atoms with Gasteiger partial charge in [0.15, 0.2) is 5.41 Å². The van der Waals surface area contributed by atoms with E-state index in [1.165, 1.54) is 29.2 Å². The third-order valence-electron chi connectivity index (χ3n) is 6.73. The summed E-state index contributed by atoms with van der Waals surface area (Å²) in [6.45, 7) is -0.189. The normalized spacial score (nSPS) is 20.5. The molecule has 2 aliphatic rings. The number of alkyl halides is 3. The highest BCUT2D eigenvalue weighted by Crippen LogP contribution is 2.55. The summed E-state index contributed by atoms with van der Waals surface area (Å²) in [5.41, 5.74) is 3.08. The van der Waals surface area contributed by atoms with Crippen molar-refractivity contribution >= 4 is 6.09 Å². The molecule has 1 amide bonds. The van der Waals surface area contributed by atoms with Crippen LogP contribution in [0.25, 0.3) is 0 Å². The van der Waals surface area contributed by atoms with E-state index in [0.29, 0.717) is 5.57 Å². The molecule has 0 radical (unpaired) electrons. The minimum absolute atomic E-state index is 0.0116. The molecule has 0 saturated carbocycles. The minimum Gasteiger partial charge on any atom is -0.445 e. The van der Waals surface area contributed by atoms with Gasteiger partial charge in [-0.05, 0) is 22.8 Å². The molecular weight excluding hydrogens is 483 g/mol. The first kappa shape index (κ1) is 25.3. The van der Waals surface area contributed by atoms with Crippen molar-refractivity contribution in [3.05, 3.63) is 94.2 Å². The SMILES string of the molecule is N#CC1=C(N)C(C#N)(C#N)[C@@H](c2ccccc2C(F)(F)F)[C@@H]2CN(C(=O)OCc3ccccc3)CC=C12. The number of ether oxygens (including phenoxy) is 1. The molecule has 37 heavy (non-hydrogen) atoms. The van der Waals surface area contributed by atoms with E-state index < -0.39 is 40.8 Å². The van der Waals surface area contributed by atoms with Crippen LogP contribution in [-0.4, -0.2) is 24.1 Å². The van der Waals surface area contributed by atoms with Crippen LogP contribution >= 0.6 is 0 Å². The molecule has 0 fully saturated rings. The summed E-state index contributed by atoms with van der Waals surface area (Å²) in [5, 5.41) is 30.1. The summed E-state index contributed by atoms with van der Waals surface area (Å²) >= 11 is 0. The Morgan fingerprint density at radius 2 is 1.73 bits per heavy atom. The number of nitrogens with two attached hydrogens (primary N) is 1. The van der Waals surface area contributed by atoms with Gasteiger partial charge in [0.2, 0.25) is 0 Å². The zero-order valence-corrected chi connectivity index (χ0v) is 19.4. The number of rotatable bonds is 3. The lowest BCUT2D eigenvalue weighted by atomic mass is 9.57. The zero-order chi connectivity index (χ0) is 26.8. The van der Waals surface area contributed by atoms with Crippen molar-refractivity contribution in [3.63, 3.8) is 0 Å². The average molecular weight is 503 g/mol. The smallest absolute Gasteiger partial charge is 0.416 e. The number of nitriles is 3. The Hall–Kier alpha value is -4.75. The van der Waals surface area contributed by atoms with Crippen molar-refractivity contribution < 1.29 is 22.7 Å². The standard InChI is InChI=1S/C27H20F3N5O2/c28-27(29,30)22-9-5-4-8-19(22)23-21-13-35(25(36)37-14-17-6-2-1-3-7-17)11-10-18(21)20(12-31)24(34)26(23,15-32)16-33/h1-10,21,23H,11,13-14,34H2/t21-,23+/m1/s1. The number of halogens is 3. The molecule has 2 aromatic rings. The largest absolute Gasteiger partial charge is 0.445 e. The van der Waals surface area contributed by atoms with Crippen LogP contribution in [-0.2, 0) is 17.5 Å². The van der Waals surface area contributed by atoms with Crippen molar-refractivity contribution in [2.24, 2.45) is 17.1 Å². The molecular formula is C27H20F3N5O2. The highest BCUT2D eigenvalue weighted by Gasteiger charge is 2.56. The molecule has 0 aromatic heterocycles. The van der Waals surface area contributed by atoms with Gasteiger partial charge in [-0.3, -0.25) is 0 Å². The van der Waals surface area contributed by atoms with Gasteiger partial charge in [-0.15, -0.1) is 0 Å². The number of carbonyl (C=O) groups excluding carboxylic acids is 1. The van der Waals surface area contributed by atoms with Gasteiger partial charge < -0.3 is 15.4 Å². The van der Waals surface area contributed by atoms with Gasteiger partial charge in [0.25, 0.3) is 0 Å². The van der Waals surface area contributed by atoms with Crippen LogP contribution in [0.1, 0.15) is 22.6 Å². The molecule has 0 bridgehead atoms. The van der Waals surface area contributed by atoms with Crippen LogP contribution < -0.4 is 5.73 Å². The topological polar surface area (TPSA) is 127 Å². The second kappa shape index (κ2) is 9.72. The maximum absolute atomic E-state index is 14.0. The number of benzene rings is 2. The van der Waals surface area contributed by atoms with Crippen LogP contribution in [0.5, 0.6) is 0 Å². The van der Waals surface area contributed by atoms with E-state index >= 15 is 0 Å². The Kier molecular flexibility index (Phi) is 6.66. The molecule has 186 valence electrons. The average Bonchev–Trinajstić information content (AvgIpc) is 2.91. The van der Waals surface area contributed by atoms with Crippen LogP contribution in [0.2, 0.25) is 0 Å². The van der Waals surface area contributed by atoms with Crippen molar-refractivity contribution in [1.29, 1.82) is 15.8 Å². The molecule has 10 heteroatoms. The number of amides is 1. The van der Waals surface area contributed by atoms with E-state index in [1.54, 1.807) is 24.3 Å². The molecule has 7 nitrogen and oxygen atoms in total. The number of nitrogens with zero attached hydrogens (tertiary/aromatic N) is 4. The van der Waals surface area contributed by atoms with Gasteiger partial charge in [-0.1, -0.05) is 54.6 Å². The van der Waals surface area contributed by atoms with Gasteiger partial charge >= 0.3 is 12.3 Å². The monoisotopic (exact) mass is 503 g/mol. The highest BCUT2D eigenvalue weighted by molar-refractivity contribution is 5.69. The third-order valence-corrected chi connectivity index (χ3v) is 6.73. The van der Waals surface area contributed by atoms with E-state index in [4.69, 9.17) is 10.5 Å². The van der Waals surface area contributed by atoms with Crippen LogP contribution in [0.15, 0.2) is 77.5 Å². The zero-order valence-electron chi connectivity index (χ0n) is 19.4. The summed E-state index contributed by atoms with van der Waals surface area (Å²) in [6, 6.07) is 19.1. The van der Waals surface area contributed by atoms with Gasteiger partial charge in [0.1, 0.15) is 12.7 Å². The number of hydrogen-bond acceptors (Lipinski definition) is 6. The molecule has 0 spiro atoms. The molecule has 0 saturated heterocycles. The first-order valence-electron chi connectivity index (χ1n) is 11.2. The van der Waals surface area contributed by atoms with Crippen LogP contribution in [0.3, 0.4) is 0 Å². The second-order valence-corrected chi connectivity index (χ2v) is 8.71. The van der Waals surface area contributed by atoms with Crippen molar-refractivity contribution in [1.82, 2.24) is 4.90 Å². The van der Waals surface area contributed by atoms with Gasteiger partial charge in [-0.2, -0.15) is 29.0 Å². The second-order valence-electron chi connectivity index (χ2n) is 8.71. The molecule has 2 atom stereocenters. The quantitative estimate of drug-likeness (QED) is 0.643.